The molecule has 4 nitrogen and oxygen atoms in total. The van der Waals surface area contributed by atoms with Gasteiger partial charge in [-0.3, -0.25) is 14.6 Å². The Hall–Kier alpha value is -1.68. The third-order valence-electron chi connectivity index (χ3n) is 4.78. The third kappa shape index (κ3) is 3.55. The first kappa shape index (κ1) is 15.2. The minimum atomic E-state index is 0.722. The quantitative estimate of drug-likeness (QED) is 0.870. The van der Waals surface area contributed by atoms with E-state index in [0.29, 0.717) is 0 Å². The molecule has 0 spiro atoms. The average molecular weight is 298 g/mol. The van der Waals surface area contributed by atoms with E-state index in [1.807, 2.05) is 17.9 Å². The van der Waals surface area contributed by atoms with Crippen LogP contribution in [0.2, 0.25) is 0 Å². The molecule has 2 aromatic heterocycles. The van der Waals surface area contributed by atoms with E-state index >= 15 is 0 Å². The lowest BCUT2D eigenvalue weighted by atomic mass is 9.93. The van der Waals surface area contributed by atoms with Gasteiger partial charge in [0, 0.05) is 42.8 Å². The Balaban J connectivity index is 1.60. The Morgan fingerprint density at radius 2 is 2.14 bits per heavy atom. The van der Waals surface area contributed by atoms with E-state index in [1.165, 1.54) is 42.9 Å². The highest BCUT2D eigenvalue weighted by molar-refractivity contribution is 5.16. The Bertz CT molecular complexity index is 632. The summed E-state index contributed by atoms with van der Waals surface area (Å²) in [5.74, 6) is 0.722. The van der Waals surface area contributed by atoms with Crippen molar-refractivity contribution in [2.24, 2.45) is 13.0 Å². The lowest BCUT2D eigenvalue weighted by Gasteiger charge is -2.32. The van der Waals surface area contributed by atoms with Gasteiger partial charge in [-0.1, -0.05) is 6.07 Å². The van der Waals surface area contributed by atoms with Crippen molar-refractivity contribution < 1.29 is 0 Å². The maximum atomic E-state index is 4.66. The average Bonchev–Trinajstić information content (AvgIpc) is 2.80. The summed E-state index contributed by atoms with van der Waals surface area (Å²) in [7, 11) is 2.02. The second-order valence-electron chi connectivity index (χ2n) is 6.60. The number of hydrogen-bond acceptors (Lipinski definition) is 3. The normalized spacial score (nSPS) is 19.5. The number of nitrogens with zero attached hydrogens (tertiary/aromatic N) is 4. The van der Waals surface area contributed by atoms with Crippen molar-refractivity contribution in [3.63, 3.8) is 0 Å². The summed E-state index contributed by atoms with van der Waals surface area (Å²) < 4.78 is 1.97. The summed E-state index contributed by atoms with van der Waals surface area (Å²) >= 11 is 0. The largest absolute Gasteiger partial charge is 0.299 e. The van der Waals surface area contributed by atoms with Gasteiger partial charge in [-0.25, -0.2) is 0 Å². The fourth-order valence-electron chi connectivity index (χ4n) is 3.41. The van der Waals surface area contributed by atoms with Crippen molar-refractivity contribution in [1.82, 2.24) is 19.7 Å². The van der Waals surface area contributed by atoms with Crippen LogP contribution in [-0.4, -0.2) is 32.8 Å². The summed E-state index contributed by atoms with van der Waals surface area (Å²) in [6.07, 6.45) is 5.72. The van der Waals surface area contributed by atoms with Gasteiger partial charge in [0.1, 0.15) is 0 Å². The Labute approximate surface area is 133 Å². The van der Waals surface area contributed by atoms with Gasteiger partial charge in [0.2, 0.25) is 0 Å². The van der Waals surface area contributed by atoms with E-state index in [0.717, 1.165) is 24.6 Å². The first-order valence-electron chi connectivity index (χ1n) is 8.24. The smallest absolute Gasteiger partial charge is 0.0537 e. The van der Waals surface area contributed by atoms with Crippen LogP contribution in [-0.2, 0) is 20.0 Å². The molecule has 0 amide bonds. The standard InChI is InChI=1S/C18H26N4/c1-14-6-4-8-18(20-14)10-16-7-5-9-22(12-16)13-17-11-19-21(3)15(17)2/h4,6,8,11,16H,5,7,9-10,12-13H2,1-3H3/t16-/m1/s1. The minimum absolute atomic E-state index is 0.722. The van der Waals surface area contributed by atoms with Gasteiger partial charge in [-0.2, -0.15) is 5.10 Å². The van der Waals surface area contributed by atoms with Crippen LogP contribution in [0.15, 0.2) is 24.4 Å². The predicted octanol–water partition coefficient (Wildman–Crippen LogP) is 2.89. The molecule has 3 heterocycles. The summed E-state index contributed by atoms with van der Waals surface area (Å²) in [5.41, 5.74) is 5.00. The highest BCUT2D eigenvalue weighted by atomic mass is 15.3. The molecule has 1 aliphatic rings. The number of rotatable bonds is 4. The number of pyridine rings is 1. The Morgan fingerprint density at radius 1 is 1.27 bits per heavy atom. The van der Waals surface area contributed by atoms with Crippen molar-refractivity contribution in [1.29, 1.82) is 0 Å². The van der Waals surface area contributed by atoms with Crippen LogP contribution in [0.5, 0.6) is 0 Å². The minimum Gasteiger partial charge on any atom is -0.299 e. The molecule has 2 aromatic rings. The molecule has 1 atom stereocenters. The topological polar surface area (TPSA) is 34.0 Å². The van der Waals surface area contributed by atoms with E-state index in [1.54, 1.807) is 0 Å². The zero-order chi connectivity index (χ0) is 15.5. The van der Waals surface area contributed by atoms with Crippen molar-refractivity contribution in [3.05, 3.63) is 47.0 Å². The predicted molar refractivity (Wildman–Crippen MR) is 88.6 cm³/mol. The van der Waals surface area contributed by atoms with Crippen molar-refractivity contribution in [3.8, 4) is 0 Å². The van der Waals surface area contributed by atoms with Crippen LogP contribution in [0.25, 0.3) is 0 Å². The maximum Gasteiger partial charge on any atom is 0.0537 e. The van der Waals surface area contributed by atoms with Crippen molar-refractivity contribution >= 4 is 0 Å². The highest BCUT2D eigenvalue weighted by Gasteiger charge is 2.21. The maximum absolute atomic E-state index is 4.66. The Morgan fingerprint density at radius 3 is 2.86 bits per heavy atom. The highest BCUT2D eigenvalue weighted by Crippen LogP contribution is 2.22. The second kappa shape index (κ2) is 6.61. The molecule has 22 heavy (non-hydrogen) atoms. The summed E-state index contributed by atoms with van der Waals surface area (Å²) in [5, 5.41) is 4.36. The first-order chi connectivity index (χ1) is 10.6. The van der Waals surface area contributed by atoms with Gasteiger partial charge in [0.25, 0.3) is 0 Å². The molecule has 1 fully saturated rings. The number of hydrogen-bond donors (Lipinski definition) is 0. The van der Waals surface area contributed by atoms with Crippen LogP contribution in [0.4, 0.5) is 0 Å². The number of aromatic nitrogens is 3. The fraction of sp³-hybridized carbons (Fsp3) is 0.556. The molecule has 0 N–H and O–H groups in total. The molecule has 0 bridgehead atoms. The molecule has 3 rings (SSSR count). The first-order valence-corrected chi connectivity index (χ1v) is 8.24. The molecule has 0 radical (unpaired) electrons. The number of likely N-dealkylation sites (tertiary alicyclic amines) is 1. The van der Waals surface area contributed by atoms with Gasteiger partial charge >= 0.3 is 0 Å². The molecular weight excluding hydrogens is 272 g/mol. The van der Waals surface area contributed by atoms with Gasteiger partial charge in [0.15, 0.2) is 0 Å². The Kier molecular flexibility index (Phi) is 4.57. The van der Waals surface area contributed by atoms with E-state index in [9.17, 15) is 0 Å². The fourth-order valence-corrected chi connectivity index (χ4v) is 3.41. The second-order valence-corrected chi connectivity index (χ2v) is 6.60. The molecule has 118 valence electrons. The molecule has 1 aliphatic heterocycles. The van der Waals surface area contributed by atoms with Gasteiger partial charge < -0.3 is 0 Å². The molecule has 0 saturated carbocycles. The molecule has 0 unspecified atom stereocenters. The molecule has 0 aliphatic carbocycles. The third-order valence-corrected chi connectivity index (χ3v) is 4.78. The number of piperidine rings is 1. The molecule has 1 saturated heterocycles. The SMILES string of the molecule is Cc1cccc(C[C@H]2CCCN(Cc3cnn(C)c3C)C2)n1. The van der Waals surface area contributed by atoms with Crippen LogP contribution >= 0.6 is 0 Å². The van der Waals surface area contributed by atoms with Crippen molar-refractivity contribution in [2.45, 2.75) is 39.7 Å². The van der Waals surface area contributed by atoms with Gasteiger partial charge in [-0.05, 0) is 57.7 Å². The molecular formula is C18H26N4. The van der Waals surface area contributed by atoms with E-state index in [-0.39, 0.29) is 0 Å². The zero-order valence-corrected chi connectivity index (χ0v) is 13.9. The molecule has 0 aromatic carbocycles. The summed E-state index contributed by atoms with van der Waals surface area (Å²) in [6.45, 7) is 7.62. The zero-order valence-electron chi connectivity index (χ0n) is 13.9. The summed E-state index contributed by atoms with van der Waals surface area (Å²) in [4.78, 5) is 7.24. The van der Waals surface area contributed by atoms with E-state index in [2.05, 4.69) is 47.0 Å². The molecule has 4 heteroatoms. The van der Waals surface area contributed by atoms with Crippen molar-refractivity contribution in [2.75, 3.05) is 13.1 Å². The van der Waals surface area contributed by atoms with E-state index in [4.69, 9.17) is 0 Å². The lowest BCUT2D eigenvalue weighted by Crippen LogP contribution is -2.36. The van der Waals surface area contributed by atoms with Gasteiger partial charge in [0.05, 0.1) is 6.20 Å². The number of aryl methyl sites for hydroxylation is 2. The monoisotopic (exact) mass is 298 g/mol. The van der Waals surface area contributed by atoms with Crippen LogP contribution in [0.3, 0.4) is 0 Å². The summed E-state index contributed by atoms with van der Waals surface area (Å²) in [6, 6.07) is 6.36. The van der Waals surface area contributed by atoms with Gasteiger partial charge in [-0.15, -0.1) is 0 Å². The van der Waals surface area contributed by atoms with Crippen LogP contribution < -0.4 is 0 Å². The lowest BCUT2D eigenvalue weighted by molar-refractivity contribution is 0.166. The van der Waals surface area contributed by atoms with E-state index < -0.39 is 0 Å². The van der Waals surface area contributed by atoms with Crippen LogP contribution in [0, 0.1) is 19.8 Å². The van der Waals surface area contributed by atoms with Crippen LogP contribution in [0.1, 0.15) is 35.5 Å².